The molecule has 0 spiro atoms. The van der Waals surface area contributed by atoms with Crippen molar-refractivity contribution in [2.75, 3.05) is 23.3 Å². The molecule has 3 aromatic rings. The van der Waals surface area contributed by atoms with Crippen molar-refractivity contribution in [2.45, 2.75) is 30.1 Å². The molecule has 2 aromatic carbocycles. The summed E-state index contributed by atoms with van der Waals surface area (Å²) in [4.78, 5) is 14.7. The zero-order valence-electron chi connectivity index (χ0n) is 17.4. The van der Waals surface area contributed by atoms with E-state index in [1.54, 1.807) is 0 Å². The molecule has 0 unspecified atom stereocenters. The van der Waals surface area contributed by atoms with Crippen LogP contribution in [0.4, 0.5) is 10.8 Å². The first-order valence-corrected chi connectivity index (χ1v) is 13.3. The highest BCUT2D eigenvalue weighted by Crippen LogP contribution is 2.25. The van der Waals surface area contributed by atoms with Crippen LogP contribution in [0.25, 0.3) is 0 Å². The molecule has 2 N–H and O–H groups in total. The maximum absolute atomic E-state index is 12.6. The highest BCUT2D eigenvalue weighted by molar-refractivity contribution is 7.91. The van der Waals surface area contributed by atoms with Gasteiger partial charge in [-0.2, -0.15) is 0 Å². The second kappa shape index (κ2) is 10.4. The Hall–Kier alpha value is -2.24. The highest BCUT2D eigenvalue weighted by atomic mass is 35.5. The summed E-state index contributed by atoms with van der Waals surface area (Å²) in [6.45, 7) is 2.21. The number of nitrogens with zero attached hydrogens (tertiary/aromatic N) is 3. The van der Waals surface area contributed by atoms with E-state index < -0.39 is 15.9 Å². The zero-order chi connectivity index (χ0) is 23.4. The Morgan fingerprint density at radius 2 is 1.76 bits per heavy atom. The summed E-state index contributed by atoms with van der Waals surface area (Å²) in [6.07, 6.45) is 3.65. The van der Waals surface area contributed by atoms with Crippen molar-refractivity contribution in [3.05, 3.63) is 63.6 Å². The van der Waals surface area contributed by atoms with Crippen molar-refractivity contribution in [1.29, 1.82) is 0 Å². The molecule has 1 aliphatic heterocycles. The van der Waals surface area contributed by atoms with Crippen molar-refractivity contribution >= 4 is 61.3 Å². The SMILES string of the molecule is O=C(Nc1nnc(S(=O)(=O)NCc2ccc(N3CCCCC3)cc2)s1)c1ccc(Cl)cc1Cl. The molecule has 2 heterocycles. The molecule has 0 radical (unpaired) electrons. The van der Waals surface area contributed by atoms with Gasteiger partial charge in [-0.05, 0) is 55.2 Å². The lowest BCUT2D eigenvalue weighted by atomic mass is 10.1. The fraction of sp³-hybridized carbons (Fsp3) is 0.286. The molecule has 1 aromatic heterocycles. The predicted molar refractivity (Wildman–Crippen MR) is 131 cm³/mol. The van der Waals surface area contributed by atoms with Crippen molar-refractivity contribution in [3.63, 3.8) is 0 Å². The van der Waals surface area contributed by atoms with E-state index in [4.69, 9.17) is 23.2 Å². The fourth-order valence-corrected chi connectivity index (χ4v) is 5.87. The van der Waals surface area contributed by atoms with Gasteiger partial charge in [-0.25, -0.2) is 13.1 Å². The quantitative estimate of drug-likeness (QED) is 0.438. The van der Waals surface area contributed by atoms with Gasteiger partial charge in [0.2, 0.25) is 9.47 Å². The van der Waals surface area contributed by atoms with Gasteiger partial charge < -0.3 is 4.90 Å². The molecule has 0 aliphatic carbocycles. The number of halogens is 2. The zero-order valence-corrected chi connectivity index (χ0v) is 20.6. The van der Waals surface area contributed by atoms with Gasteiger partial charge in [-0.3, -0.25) is 10.1 Å². The standard InChI is InChI=1S/C21H21Cl2N5O3S2/c22-15-6-9-17(18(23)12-15)19(29)25-20-26-27-21(32-20)33(30,31)24-13-14-4-7-16(8-5-14)28-10-2-1-3-11-28/h4-9,12,24H,1-3,10-11,13H2,(H,25,26,29). The minimum atomic E-state index is -3.89. The average molecular weight is 526 g/mol. The van der Waals surface area contributed by atoms with Gasteiger partial charge in [-0.1, -0.05) is 46.7 Å². The smallest absolute Gasteiger partial charge is 0.270 e. The van der Waals surface area contributed by atoms with Gasteiger partial charge in [0.05, 0.1) is 10.6 Å². The number of carbonyl (C=O) groups excluding carboxylic acids is 1. The van der Waals surface area contributed by atoms with Crippen LogP contribution in [0.3, 0.4) is 0 Å². The van der Waals surface area contributed by atoms with Crippen LogP contribution in [0.2, 0.25) is 10.0 Å². The van der Waals surface area contributed by atoms with Gasteiger partial charge >= 0.3 is 0 Å². The first kappa shape index (κ1) is 23.9. The topological polar surface area (TPSA) is 104 Å². The number of aromatic nitrogens is 2. The van der Waals surface area contributed by atoms with E-state index in [1.165, 1.54) is 37.5 Å². The van der Waals surface area contributed by atoms with E-state index in [0.29, 0.717) is 5.02 Å². The lowest BCUT2D eigenvalue weighted by molar-refractivity contribution is 0.102. The number of amides is 1. The molecular weight excluding hydrogens is 505 g/mol. The second-order valence-electron chi connectivity index (χ2n) is 7.49. The fourth-order valence-electron chi connectivity index (χ4n) is 3.42. The normalized spacial score (nSPS) is 14.3. The van der Waals surface area contributed by atoms with Crippen LogP contribution in [0, 0.1) is 0 Å². The Kier molecular flexibility index (Phi) is 7.50. The Morgan fingerprint density at radius 3 is 2.45 bits per heavy atom. The molecule has 1 fully saturated rings. The maximum Gasteiger partial charge on any atom is 0.270 e. The summed E-state index contributed by atoms with van der Waals surface area (Å²) in [5.74, 6) is -0.543. The molecule has 1 amide bonds. The molecule has 1 saturated heterocycles. The molecule has 0 atom stereocenters. The van der Waals surface area contributed by atoms with Crippen LogP contribution in [-0.2, 0) is 16.6 Å². The third-order valence-corrected chi connectivity index (χ3v) is 8.31. The summed E-state index contributed by atoms with van der Waals surface area (Å²) in [5.41, 5.74) is 2.16. The molecule has 0 bridgehead atoms. The van der Waals surface area contributed by atoms with E-state index in [2.05, 4.69) is 25.1 Å². The van der Waals surface area contributed by atoms with E-state index >= 15 is 0 Å². The maximum atomic E-state index is 12.6. The van der Waals surface area contributed by atoms with Crippen molar-refractivity contribution in [2.24, 2.45) is 0 Å². The summed E-state index contributed by atoms with van der Waals surface area (Å²) in [5, 5.41) is 10.6. The molecule has 8 nitrogen and oxygen atoms in total. The first-order chi connectivity index (χ1) is 15.8. The Morgan fingerprint density at radius 1 is 1.03 bits per heavy atom. The molecule has 4 rings (SSSR count). The minimum absolute atomic E-state index is 0.0391. The number of anilines is 2. The molecule has 174 valence electrons. The van der Waals surface area contributed by atoms with E-state index in [9.17, 15) is 13.2 Å². The summed E-state index contributed by atoms with van der Waals surface area (Å²) < 4.78 is 27.5. The van der Waals surface area contributed by atoms with Crippen molar-refractivity contribution < 1.29 is 13.2 Å². The molecule has 33 heavy (non-hydrogen) atoms. The van der Waals surface area contributed by atoms with Crippen LogP contribution >= 0.6 is 34.5 Å². The Bertz CT molecular complexity index is 1240. The lowest BCUT2D eigenvalue weighted by Gasteiger charge is -2.28. The second-order valence-corrected chi connectivity index (χ2v) is 11.3. The predicted octanol–water partition coefficient (Wildman–Crippen LogP) is 4.57. The van der Waals surface area contributed by atoms with Crippen LogP contribution < -0.4 is 14.9 Å². The molecule has 0 saturated carbocycles. The number of hydrogen-bond acceptors (Lipinski definition) is 7. The largest absolute Gasteiger partial charge is 0.372 e. The minimum Gasteiger partial charge on any atom is -0.372 e. The number of sulfonamides is 1. The summed E-state index contributed by atoms with van der Waals surface area (Å²) in [6, 6.07) is 12.3. The number of hydrogen-bond donors (Lipinski definition) is 2. The van der Waals surface area contributed by atoms with Crippen LogP contribution in [0.5, 0.6) is 0 Å². The molecular formula is C21H21Cl2N5O3S2. The van der Waals surface area contributed by atoms with Gasteiger partial charge in [0.1, 0.15) is 0 Å². The van der Waals surface area contributed by atoms with Gasteiger partial charge in [0.25, 0.3) is 15.9 Å². The van der Waals surface area contributed by atoms with E-state index in [-0.39, 0.29) is 26.6 Å². The van der Waals surface area contributed by atoms with E-state index in [0.717, 1.165) is 35.7 Å². The van der Waals surface area contributed by atoms with Gasteiger partial charge in [0, 0.05) is 30.3 Å². The Balaban J connectivity index is 1.36. The lowest BCUT2D eigenvalue weighted by Crippen LogP contribution is -2.29. The van der Waals surface area contributed by atoms with Crippen LogP contribution in [0.15, 0.2) is 46.8 Å². The van der Waals surface area contributed by atoms with Gasteiger partial charge in [0.15, 0.2) is 0 Å². The number of benzene rings is 2. The highest BCUT2D eigenvalue weighted by Gasteiger charge is 2.22. The van der Waals surface area contributed by atoms with E-state index in [1.807, 2.05) is 24.3 Å². The monoisotopic (exact) mass is 525 g/mol. The van der Waals surface area contributed by atoms with Crippen molar-refractivity contribution in [3.8, 4) is 0 Å². The number of nitrogens with one attached hydrogen (secondary N) is 2. The molecule has 12 heteroatoms. The number of piperidine rings is 1. The summed E-state index contributed by atoms with van der Waals surface area (Å²) in [7, 11) is -3.89. The molecule has 1 aliphatic rings. The summed E-state index contributed by atoms with van der Waals surface area (Å²) >= 11 is 12.6. The number of rotatable bonds is 7. The van der Waals surface area contributed by atoms with Crippen LogP contribution in [-0.4, -0.2) is 37.6 Å². The van der Waals surface area contributed by atoms with Crippen LogP contribution in [0.1, 0.15) is 35.2 Å². The third-order valence-electron chi connectivity index (χ3n) is 5.16. The van der Waals surface area contributed by atoms with Gasteiger partial charge in [-0.15, -0.1) is 10.2 Å². The third kappa shape index (κ3) is 6.01. The number of carbonyl (C=O) groups is 1. The average Bonchev–Trinajstić information content (AvgIpc) is 3.28. The first-order valence-electron chi connectivity index (χ1n) is 10.3. The van der Waals surface area contributed by atoms with Crippen molar-refractivity contribution in [1.82, 2.24) is 14.9 Å². The Labute approximate surface area is 206 Å².